The molecular formula is C36H34N6. The number of nitrogens with zero attached hydrogens (tertiary/aromatic N) is 3. The lowest BCUT2D eigenvalue weighted by atomic mass is 10.0. The normalized spacial score (nSPS) is 11.1. The smallest absolute Gasteiger partial charge is 0.146 e. The number of hydrogen-bond acceptors (Lipinski definition) is 5. The quantitative estimate of drug-likeness (QED) is 0.0830. The molecule has 0 unspecified atom stereocenters. The maximum Gasteiger partial charge on any atom is 0.146 e. The van der Waals surface area contributed by atoms with Crippen LogP contribution < -0.4 is 16.0 Å². The van der Waals surface area contributed by atoms with E-state index in [1.54, 1.807) is 12.3 Å². The minimum atomic E-state index is 0.593. The first-order valence-corrected chi connectivity index (χ1v) is 13.8. The van der Waals surface area contributed by atoms with Crippen molar-refractivity contribution in [2.24, 2.45) is 4.99 Å². The molecule has 0 aliphatic heterocycles. The highest BCUT2D eigenvalue weighted by Crippen LogP contribution is 2.32. The zero-order valence-corrected chi connectivity index (χ0v) is 23.7. The minimum Gasteiger partial charge on any atom is -0.372 e. The van der Waals surface area contributed by atoms with Crippen LogP contribution in [0.3, 0.4) is 0 Å². The number of hydrogen-bond donors (Lipinski definition) is 3. The number of para-hydroxylation sites is 2. The zero-order valence-electron chi connectivity index (χ0n) is 23.7. The summed E-state index contributed by atoms with van der Waals surface area (Å²) in [6.45, 7) is 8.57. The number of aliphatic imine (C=N–C) groups is 1. The van der Waals surface area contributed by atoms with Crippen LogP contribution in [0.2, 0.25) is 0 Å². The summed E-state index contributed by atoms with van der Waals surface area (Å²) in [6, 6.07) is 36.9. The summed E-state index contributed by atoms with van der Waals surface area (Å²) in [6.07, 6.45) is 7.32. The Morgan fingerprint density at radius 2 is 1.45 bits per heavy atom. The second kappa shape index (κ2) is 13.6. The number of nitrogens with one attached hydrogen (secondary N) is 3. The van der Waals surface area contributed by atoms with Gasteiger partial charge in [0.2, 0.25) is 0 Å². The van der Waals surface area contributed by atoms with E-state index in [9.17, 15) is 0 Å². The summed E-state index contributed by atoms with van der Waals surface area (Å²) in [5.41, 5.74) is 7.85. The van der Waals surface area contributed by atoms with Crippen LogP contribution in [0.4, 0.5) is 17.2 Å². The molecule has 1 aromatic heterocycles. The van der Waals surface area contributed by atoms with Gasteiger partial charge in [-0.15, -0.1) is 0 Å². The Morgan fingerprint density at radius 1 is 0.833 bits per heavy atom. The van der Waals surface area contributed by atoms with Crippen LogP contribution in [0.25, 0.3) is 34.3 Å². The molecule has 4 aromatic carbocycles. The number of imidazole rings is 1. The van der Waals surface area contributed by atoms with Crippen LogP contribution in [-0.2, 0) is 0 Å². The topological polar surface area (TPSA) is 66.3 Å². The SMILES string of the molecule is C=Cc1nc(-c2ccc(-c3ccc(N=C/C=C\C(=C)NCNc4ccccc4)cc3)cc2)n(-c2ccccc2)c1NC. The van der Waals surface area contributed by atoms with E-state index in [0.717, 1.165) is 56.8 Å². The van der Waals surface area contributed by atoms with E-state index in [2.05, 4.69) is 87.2 Å². The Bertz CT molecular complexity index is 1680. The van der Waals surface area contributed by atoms with Crippen molar-refractivity contribution in [2.45, 2.75) is 0 Å². The van der Waals surface area contributed by atoms with E-state index < -0.39 is 0 Å². The van der Waals surface area contributed by atoms with Gasteiger partial charge in [0, 0.05) is 35.9 Å². The van der Waals surface area contributed by atoms with Gasteiger partial charge in [-0.05, 0) is 65.8 Å². The fourth-order valence-electron chi connectivity index (χ4n) is 4.56. The van der Waals surface area contributed by atoms with E-state index in [0.29, 0.717) is 6.67 Å². The molecule has 0 saturated carbocycles. The molecule has 1 heterocycles. The van der Waals surface area contributed by atoms with Crippen LogP contribution >= 0.6 is 0 Å². The standard InChI is InChI=1S/C36H34N6/c1-4-34-36(37-3)42(33-15-9-6-10-16-33)35(41-34)30-19-17-28(18-20-30)29-21-23-32(24-22-29)38-25-11-12-27(2)39-26-40-31-13-7-5-8-14-31/h4-25,37,39-40H,1-2,26H2,3H3/b12-11-,38-25?. The third-order valence-electron chi connectivity index (χ3n) is 6.68. The van der Waals surface area contributed by atoms with Crippen molar-refractivity contribution in [1.29, 1.82) is 0 Å². The largest absolute Gasteiger partial charge is 0.372 e. The third kappa shape index (κ3) is 6.74. The molecule has 0 radical (unpaired) electrons. The zero-order chi connectivity index (χ0) is 29.1. The molecule has 0 amide bonds. The lowest BCUT2D eigenvalue weighted by Crippen LogP contribution is -2.19. The Hall–Kier alpha value is -5.62. The van der Waals surface area contributed by atoms with E-state index in [4.69, 9.17) is 4.98 Å². The summed E-state index contributed by atoms with van der Waals surface area (Å²) in [5, 5.41) is 9.80. The first-order valence-electron chi connectivity index (χ1n) is 13.8. The van der Waals surface area contributed by atoms with Gasteiger partial charge in [0.25, 0.3) is 0 Å². The molecule has 6 nitrogen and oxygen atoms in total. The van der Waals surface area contributed by atoms with Crippen molar-refractivity contribution in [3.05, 3.63) is 146 Å². The van der Waals surface area contributed by atoms with Gasteiger partial charge < -0.3 is 16.0 Å². The van der Waals surface area contributed by atoms with Crippen LogP contribution in [0.5, 0.6) is 0 Å². The fraction of sp³-hybridized carbons (Fsp3) is 0.0556. The summed E-state index contributed by atoms with van der Waals surface area (Å²) < 4.78 is 2.13. The average Bonchev–Trinajstić information content (AvgIpc) is 3.43. The molecular weight excluding hydrogens is 516 g/mol. The summed E-state index contributed by atoms with van der Waals surface area (Å²) in [5.74, 6) is 1.76. The maximum absolute atomic E-state index is 4.88. The van der Waals surface area contributed by atoms with Gasteiger partial charge in [-0.25, -0.2) is 4.98 Å². The highest BCUT2D eigenvalue weighted by molar-refractivity contribution is 5.77. The number of benzene rings is 4. The molecule has 0 atom stereocenters. The molecule has 0 spiro atoms. The van der Waals surface area contributed by atoms with Crippen LogP contribution in [0.15, 0.2) is 145 Å². The van der Waals surface area contributed by atoms with Gasteiger partial charge in [0.05, 0.1) is 12.4 Å². The number of rotatable bonds is 12. The van der Waals surface area contributed by atoms with E-state index in [1.807, 2.05) is 79.9 Å². The monoisotopic (exact) mass is 550 g/mol. The minimum absolute atomic E-state index is 0.593. The van der Waals surface area contributed by atoms with Gasteiger partial charge in [-0.1, -0.05) is 86.0 Å². The lowest BCUT2D eigenvalue weighted by Gasteiger charge is -2.12. The molecule has 0 saturated heterocycles. The van der Waals surface area contributed by atoms with Crippen LogP contribution in [-0.4, -0.2) is 29.5 Å². The van der Waals surface area contributed by atoms with Crippen molar-refractivity contribution < 1.29 is 0 Å². The van der Waals surface area contributed by atoms with Gasteiger partial charge in [0.1, 0.15) is 17.3 Å². The highest BCUT2D eigenvalue weighted by Gasteiger charge is 2.17. The van der Waals surface area contributed by atoms with Gasteiger partial charge in [-0.2, -0.15) is 0 Å². The summed E-state index contributed by atoms with van der Waals surface area (Å²) >= 11 is 0. The number of allylic oxidation sites excluding steroid dienone is 2. The predicted octanol–water partition coefficient (Wildman–Crippen LogP) is 8.32. The van der Waals surface area contributed by atoms with Gasteiger partial charge in [0.15, 0.2) is 0 Å². The molecule has 0 bridgehead atoms. The van der Waals surface area contributed by atoms with Crippen molar-refractivity contribution >= 4 is 29.5 Å². The van der Waals surface area contributed by atoms with Crippen LogP contribution in [0, 0.1) is 0 Å². The number of aromatic nitrogens is 2. The van der Waals surface area contributed by atoms with Gasteiger partial charge in [-0.3, -0.25) is 9.56 Å². The molecule has 0 aliphatic rings. The predicted molar refractivity (Wildman–Crippen MR) is 179 cm³/mol. The van der Waals surface area contributed by atoms with Gasteiger partial charge >= 0.3 is 0 Å². The van der Waals surface area contributed by atoms with E-state index >= 15 is 0 Å². The molecule has 208 valence electrons. The fourth-order valence-corrected chi connectivity index (χ4v) is 4.56. The molecule has 3 N–H and O–H groups in total. The van der Waals surface area contributed by atoms with E-state index in [1.165, 1.54) is 0 Å². The highest BCUT2D eigenvalue weighted by atomic mass is 15.2. The molecule has 0 aliphatic carbocycles. The lowest BCUT2D eigenvalue weighted by molar-refractivity contribution is 0.894. The third-order valence-corrected chi connectivity index (χ3v) is 6.68. The van der Waals surface area contributed by atoms with Crippen molar-refractivity contribution in [1.82, 2.24) is 14.9 Å². The molecule has 0 fully saturated rings. The Kier molecular flexibility index (Phi) is 9.07. The second-order valence-corrected chi connectivity index (χ2v) is 9.48. The average molecular weight is 551 g/mol. The molecule has 5 aromatic rings. The van der Waals surface area contributed by atoms with Crippen LogP contribution in [0.1, 0.15) is 5.69 Å². The summed E-state index contributed by atoms with van der Waals surface area (Å²) in [7, 11) is 1.90. The van der Waals surface area contributed by atoms with Crippen molar-refractivity contribution in [3.8, 4) is 28.2 Å². The van der Waals surface area contributed by atoms with Crippen molar-refractivity contribution in [3.63, 3.8) is 0 Å². The Labute approximate surface area is 247 Å². The van der Waals surface area contributed by atoms with E-state index in [-0.39, 0.29) is 0 Å². The maximum atomic E-state index is 4.88. The second-order valence-electron chi connectivity index (χ2n) is 9.48. The molecule has 42 heavy (non-hydrogen) atoms. The first kappa shape index (κ1) is 27.9. The molecule has 5 rings (SSSR count). The van der Waals surface area contributed by atoms with Crippen molar-refractivity contribution in [2.75, 3.05) is 24.3 Å². The summed E-state index contributed by atoms with van der Waals surface area (Å²) in [4.78, 5) is 9.42. The first-order chi connectivity index (χ1) is 20.7. The Morgan fingerprint density at radius 3 is 2.10 bits per heavy atom. The molecule has 6 heteroatoms. The number of anilines is 2. The Balaban J connectivity index is 1.22.